The molecule has 1 aliphatic heterocycles. The van der Waals surface area contributed by atoms with Crippen LogP contribution in [0.4, 0.5) is 11.4 Å². The first kappa shape index (κ1) is 38.4. The Balaban J connectivity index is 0.000000162. The zero-order chi connectivity index (χ0) is 41.0. The number of hydrogen-bond donors (Lipinski definition) is 4. The molecule has 0 saturated heterocycles. The summed E-state index contributed by atoms with van der Waals surface area (Å²) in [5, 5.41) is 26.1. The zero-order valence-electron chi connectivity index (χ0n) is 31.7. The maximum absolute atomic E-state index is 13.3. The molecule has 1 atom stereocenters. The van der Waals surface area contributed by atoms with E-state index in [4.69, 9.17) is 28.3 Å². The van der Waals surface area contributed by atoms with Gasteiger partial charge in [-0.3, -0.25) is 14.4 Å². The number of carbonyl (C=O) groups excluding carboxylic acids is 2. The molecule has 8 aromatic rings. The van der Waals surface area contributed by atoms with Gasteiger partial charge in [0, 0.05) is 53.1 Å². The number of nitrogens with one attached hydrogen (secondary N) is 2. The molecule has 0 radical (unpaired) electrons. The summed E-state index contributed by atoms with van der Waals surface area (Å²) < 4.78 is 5.38. The van der Waals surface area contributed by atoms with E-state index < -0.39 is 23.4 Å². The average Bonchev–Trinajstić information content (AvgIpc) is 3.94. The van der Waals surface area contributed by atoms with Crippen molar-refractivity contribution in [3.8, 4) is 0 Å². The van der Waals surface area contributed by atoms with Crippen LogP contribution in [-0.2, 0) is 22.7 Å². The lowest BCUT2D eigenvalue weighted by Gasteiger charge is -2.29. The molecule has 0 fully saturated rings. The highest BCUT2D eigenvalue weighted by Crippen LogP contribution is 2.37. The predicted molar refractivity (Wildman–Crippen MR) is 228 cm³/mol. The lowest BCUT2D eigenvalue weighted by Crippen LogP contribution is -2.40. The summed E-state index contributed by atoms with van der Waals surface area (Å²) in [5.74, 6) is -2.32. The minimum atomic E-state index is -0.909. The molecule has 4 N–H and O–H groups in total. The van der Waals surface area contributed by atoms with Crippen molar-refractivity contribution in [2.45, 2.75) is 39.9 Å². The lowest BCUT2D eigenvalue weighted by atomic mass is 9.86. The van der Waals surface area contributed by atoms with E-state index in [2.05, 4.69) is 10.3 Å². The summed E-state index contributed by atoms with van der Waals surface area (Å²) in [7, 11) is 0. The van der Waals surface area contributed by atoms with Crippen LogP contribution >= 0.6 is 23.2 Å². The first-order valence-electron chi connectivity index (χ1n) is 18.5. The van der Waals surface area contributed by atoms with Gasteiger partial charge in [0.15, 0.2) is 0 Å². The number of carboxylic acid groups (broad SMARTS) is 2. The summed E-state index contributed by atoms with van der Waals surface area (Å²) in [6.45, 7) is 6.71. The summed E-state index contributed by atoms with van der Waals surface area (Å²) >= 11 is 12.9. The van der Waals surface area contributed by atoms with Crippen LogP contribution in [0.5, 0.6) is 0 Å². The van der Waals surface area contributed by atoms with Crippen molar-refractivity contribution >= 4 is 102 Å². The number of anilines is 2. The highest BCUT2D eigenvalue weighted by Gasteiger charge is 2.34. The molecular weight excluding hydrogens is 779 g/mol. The number of halogens is 2. The number of hydrogen-bond acceptors (Lipinski definition) is 4. The monoisotopic (exact) mass is 816 g/mol. The summed E-state index contributed by atoms with van der Waals surface area (Å²) in [6, 6.07) is 29.3. The Morgan fingerprint density at radius 1 is 0.793 bits per heavy atom. The van der Waals surface area contributed by atoms with Gasteiger partial charge in [-0.2, -0.15) is 0 Å². The van der Waals surface area contributed by atoms with Crippen molar-refractivity contribution in [2.75, 3.05) is 16.8 Å². The van der Waals surface area contributed by atoms with E-state index in [0.29, 0.717) is 34.5 Å². The number of nitrogens with zero attached hydrogens (tertiary/aromatic N) is 4. The molecule has 12 nitrogen and oxygen atoms in total. The Bertz CT molecular complexity index is 2950. The Kier molecular flexibility index (Phi) is 9.78. The first-order valence-corrected chi connectivity index (χ1v) is 19.3. The van der Waals surface area contributed by atoms with Gasteiger partial charge in [-0.25, -0.2) is 4.79 Å². The van der Waals surface area contributed by atoms with Crippen LogP contribution in [0.3, 0.4) is 0 Å². The minimum absolute atomic E-state index is 0.124. The van der Waals surface area contributed by atoms with Crippen molar-refractivity contribution in [1.29, 1.82) is 0 Å². The number of para-hydroxylation sites is 2. The van der Waals surface area contributed by atoms with Crippen molar-refractivity contribution in [2.24, 2.45) is 5.41 Å². The van der Waals surface area contributed by atoms with Gasteiger partial charge in [-0.05, 0) is 64.7 Å². The second kappa shape index (κ2) is 14.8. The molecule has 1 aliphatic rings. The third-order valence-electron chi connectivity index (χ3n) is 10.5. The third kappa shape index (κ3) is 6.84. The molecule has 0 aliphatic carbocycles. The van der Waals surface area contributed by atoms with E-state index in [0.717, 1.165) is 49.3 Å². The maximum Gasteiger partial charge on any atom is 0.327 e. The van der Waals surface area contributed by atoms with Gasteiger partial charge in [0.25, 0.3) is 11.8 Å². The van der Waals surface area contributed by atoms with Gasteiger partial charge < -0.3 is 39.1 Å². The molecule has 0 bridgehead atoms. The summed E-state index contributed by atoms with van der Waals surface area (Å²) in [4.78, 5) is 53.9. The molecule has 14 heteroatoms. The van der Waals surface area contributed by atoms with E-state index in [-0.39, 0.29) is 24.1 Å². The maximum atomic E-state index is 13.3. The Morgan fingerprint density at radius 2 is 1.48 bits per heavy atom. The zero-order valence-corrected chi connectivity index (χ0v) is 33.2. The molecule has 2 amide bonds. The van der Waals surface area contributed by atoms with E-state index in [1.165, 1.54) is 0 Å². The molecule has 9 rings (SSSR count). The number of amides is 2. The molecular formula is C44H38Cl2N6O6. The fraction of sp³-hybridized carbons (Fsp3) is 0.182. The number of aromatic amines is 1. The van der Waals surface area contributed by atoms with Crippen LogP contribution in [-0.4, -0.2) is 59.2 Å². The van der Waals surface area contributed by atoms with Gasteiger partial charge in [0.1, 0.15) is 24.0 Å². The molecule has 58 heavy (non-hydrogen) atoms. The van der Waals surface area contributed by atoms with Crippen LogP contribution in [0, 0.1) is 5.41 Å². The standard InChI is InChI=1S/C23H22ClN3O3.C21H16ClN3O3/c1-23(2,3)20(22(29)30)27-11-10-13-8-9-14(12-17(13)27)25-21(28)19-18(24)15-6-4-5-7-16(15)26-19;22-19-15-3-1-2-4-16(15)25-10-9-24(21(28)20(19)25)14-6-5-13-7-8-23(12-18(26)27)17(13)11-14/h4-12,20,26H,1-3H3,(H,25,28)(H,29,30);1-8,11H,9-10,12H2,(H,26,27). The molecule has 5 heterocycles. The lowest BCUT2D eigenvalue weighted by molar-refractivity contribution is -0.144. The second-order valence-electron chi connectivity index (χ2n) is 15.3. The van der Waals surface area contributed by atoms with Gasteiger partial charge >= 0.3 is 11.9 Å². The van der Waals surface area contributed by atoms with Crippen LogP contribution in [0.1, 0.15) is 47.8 Å². The second-order valence-corrected chi connectivity index (χ2v) is 16.0. The van der Waals surface area contributed by atoms with Gasteiger partial charge in [0.2, 0.25) is 0 Å². The Hall–Kier alpha value is -6.50. The number of carbonyl (C=O) groups is 4. The highest BCUT2D eigenvalue weighted by atomic mass is 35.5. The van der Waals surface area contributed by atoms with Gasteiger partial charge in [0.05, 0.1) is 26.6 Å². The van der Waals surface area contributed by atoms with Crippen LogP contribution < -0.4 is 10.2 Å². The number of fused-ring (bicyclic) bond motifs is 6. The Morgan fingerprint density at radius 3 is 2.21 bits per heavy atom. The number of H-pyrrole nitrogens is 1. The van der Waals surface area contributed by atoms with E-state index in [1.807, 2.05) is 110 Å². The molecule has 0 saturated carbocycles. The summed E-state index contributed by atoms with van der Waals surface area (Å²) in [6.07, 6.45) is 3.52. The molecule has 4 aromatic carbocycles. The fourth-order valence-electron chi connectivity index (χ4n) is 7.82. The quantitative estimate of drug-likeness (QED) is 0.126. The largest absolute Gasteiger partial charge is 0.480 e. The topological polar surface area (TPSA) is 155 Å². The van der Waals surface area contributed by atoms with Crippen molar-refractivity contribution in [3.05, 3.63) is 131 Å². The van der Waals surface area contributed by atoms with E-state index in [9.17, 15) is 24.3 Å². The minimum Gasteiger partial charge on any atom is -0.480 e. The predicted octanol–water partition coefficient (Wildman–Crippen LogP) is 9.69. The van der Waals surface area contributed by atoms with Crippen molar-refractivity contribution in [1.82, 2.24) is 18.7 Å². The van der Waals surface area contributed by atoms with Crippen molar-refractivity contribution in [3.63, 3.8) is 0 Å². The normalized spacial score (nSPS) is 13.5. The number of benzene rings is 4. The molecule has 1 unspecified atom stereocenters. The van der Waals surface area contributed by atoms with E-state index in [1.54, 1.807) is 38.6 Å². The molecule has 294 valence electrons. The third-order valence-corrected chi connectivity index (χ3v) is 11.2. The average molecular weight is 818 g/mol. The van der Waals surface area contributed by atoms with Crippen molar-refractivity contribution < 1.29 is 29.4 Å². The SMILES string of the molecule is CC(C)(C)C(C(=O)O)n1ccc2ccc(NC(=O)c3[nH]c4ccccc4c3Cl)cc21.O=C(O)Cn1ccc2ccc(N3CCn4c(c(Cl)c5ccccc54)C3=O)cc21. The Labute approximate surface area is 341 Å². The number of rotatable bonds is 7. The number of carboxylic acids is 2. The number of aromatic nitrogens is 4. The van der Waals surface area contributed by atoms with Crippen LogP contribution in [0.25, 0.3) is 43.6 Å². The molecule has 0 spiro atoms. The van der Waals surface area contributed by atoms with Crippen LogP contribution in [0.2, 0.25) is 10.0 Å². The smallest absolute Gasteiger partial charge is 0.327 e. The van der Waals surface area contributed by atoms with Crippen LogP contribution in [0.15, 0.2) is 109 Å². The fourth-order valence-corrected chi connectivity index (χ4v) is 8.46. The van der Waals surface area contributed by atoms with Gasteiger partial charge in [-0.1, -0.05) is 92.5 Å². The number of aliphatic carboxylic acids is 2. The highest BCUT2D eigenvalue weighted by molar-refractivity contribution is 6.40. The van der Waals surface area contributed by atoms with Gasteiger partial charge in [-0.15, -0.1) is 0 Å². The summed E-state index contributed by atoms with van der Waals surface area (Å²) in [5.41, 5.74) is 4.84. The first-order chi connectivity index (χ1) is 27.7. The molecule has 4 aromatic heterocycles. The van der Waals surface area contributed by atoms with E-state index >= 15 is 0 Å².